The molecule has 0 spiro atoms. The Morgan fingerprint density at radius 2 is 2.14 bits per heavy atom. The van der Waals surface area contributed by atoms with Gasteiger partial charge in [0.15, 0.2) is 6.61 Å². The fraction of sp³-hybridized carbons (Fsp3) is 0.588. The molecule has 0 aromatic heterocycles. The largest absolute Gasteiger partial charge is 0.484 e. The topological polar surface area (TPSA) is 50.4 Å². The number of hydrogen-bond acceptors (Lipinski definition) is 3. The third-order valence-electron chi connectivity index (χ3n) is 3.95. The van der Waals surface area contributed by atoms with Crippen LogP contribution in [0.1, 0.15) is 38.2 Å². The Labute approximate surface area is 127 Å². The van der Waals surface area contributed by atoms with Gasteiger partial charge in [0.05, 0.1) is 0 Å². The van der Waals surface area contributed by atoms with Crippen LogP contribution in [0.5, 0.6) is 5.75 Å². The molecule has 0 bridgehead atoms. The van der Waals surface area contributed by atoms with Crippen LogP contribution in [0, 0.1) is 5.92 Å². The minimum atomic E-state index is -0.0473. The van der Waals surface area contributed by atoms with Crippen LogP contribution in [-0.4, -0.2) is 32.1 Å². The van der Waals surface area contributed by atoms with Gasteiger partial charge in [-0.2, -0.15) is 0 Å². The molecule has 4 heteroatoms. The van der Waals surface area contributed by atoms with Crippen molar-refractivity contribution in [3.63, 3.8) is 0 Å². The van der Waals surface area contributed by atoms with Crippen LogP contribution >= 0.6 is 0 Å². The summed E-state index contributed by atoms with van der Waals surface area (Å²) >= 11 is 0. The number of amides is 1. The van der Waals surface area contributed by atoms with Gasteiger partial charge in [0.1, 0.15) is 5.75 Å². The van der Waals surface area contributed by atoms with Gasteiger partial charge >= 0.3 is 0 Å². The van der Waals surface area contributed by atoms with Crippen molar-refractivity contribution in [3.05, 3.63) is 29.8 Å². The van der Waals surface area contributed by atoms with Crippen LogP contribution in [0.3, 0.4) is 0 Å². The third-order valence-corrected chi connectivity index (χ3v) is 3.95. The van der Waals surface area contributed by atoms with Gasteiger partial charge < -0.3 is 15.4 Å². The fourth-order valence-corrected chi connectivity index (χ4v) is 2.53. The van der Waals surface area contributed by atoms with E-state index in [1.54, 1.807) is 0 Å². The van der Waals surface area contributed by atoms with E-state index < -0.39 is 0 Å². The summed E-state index contributed by atoms with van der Waals surface area (Å²) in [5.41, 5.74) is 1.27. The van der Waals surface area contributed by atoms with Crippen LogP contribution in [-0.2, 0) is 4.79 Å². The highest BCUT2D eigenvalue weighted by Gasteiger charge is 2.14. The van der Waals surface area contributed by atoms with E-state index in [4.69, 9.17) is 4.74 Å². The van der Waals surface area contributed by atoms with Crippen molar-refractivity contribution in [2.24, 2.45) is 5.92 Å². The summed E-state index contributed by atoms with van der Waals surface area (Å²) in [5.74, 6) is 1.91. The van der Waals surface area contributed by atoms with E-state index in [0.717, 1.165) is 31.8 Å². The average molecular weight is 290 g/mol. The summed E-state index contributed by atoms with van der Waals surface area (Å²) < 4.78 is 5.50. The Morgan fingerprint density at radius 1 is 1.38 bits per heavy atom. The maximum absolute atomic E-state index is 11.7. The zero-order chi connectivity index (χ0) is 15.1. The number of carbonyl (C=O) groups excluding carboxylic acids is 1. The highest BCUT2D eigenvalue weighted by Crippen LogP contribution is 2.18. The lowest BCUT2D eigenvalue weighted by atomic mass is 10.0. The number of hydrogen-bond donors (Lipinski definition) is 2. The average Bonchev–Trinajstić information content (AvgIpc) is 2.99. The van der Waals surface area contributed by atoms with Gasteiger partial charge in [-0.3, -0.25) is 4.79 Å². The van der Waals surface area contributed by atoms with Crippen molar-refractivity contribution >= 4 is 5.91 Å². The molecule has 21 heavy (non-hydrogen) atoms. The summed E-state index contributed by atoms with van der Waals surface area (Å²) in [5, 5.41) is 6.25. The van der Waals surface area contributed by atoms with Crippen LogP contribution in [0.2, 0.25) is 0 Å². The van der Waals surface area contributed by atoms with Gasteiger partial charge in [0, 0.05) is 6.54 Å². The molecule has 1 atom stereocenters. The molecule has 0 aliphatic carbocycles. The maximum atomic E-state index is 11.7. The summed E-state index contributed by atoms with van der Waals surface area (Å²) in [6.45, 7) is 7.32. The molecule has 4 nitrogen and oxygen atoms in total. The van der Waals surface area contributed by atoms with Crippen LogP contribution in [0.25, 0.3) is 0 Å². The van der Waals surface area contributed by atoms with E-state index in [1.165, 1.54) is 12.0 Å². The van der Waals surface area contributed by atoms with Gasteiger partial charge in [0.2, 0.25) is 0 Å². The van der Waals surface area contributed by atoms with E-state index in [2.05, 4.69) is 24.5 Å². The number of nitrogens with one attached hydrogen (secondary N) is 2. The second-order valence-electron chi connectivity index (χ2n) is 6.01. The zero-order valence-electron chi connectivity index (χ0n) is 13.0. The molecule has 1 fully saturated rings. The summed E-state index contributed by atoms with van der Waals surface area (Å²) in [6.07, 6.45) is 2.26. The van der Waals surface area contributed by atoms with E-state index in [0.29, 0.717) is 11.8 Å². The molecule has 1 amide bonds. The molecule has 1 heterocycles. The van der Waals surface area contributed by atoms with Crippen molar-refractivity contribution in [1.82, 2.24) is 10.6 Å². The first-order valence-corrected chi connectivity index (χ1v) is 7.85. The molecular weight excluding hydrogens is 264 g/mol. The maximum Gasteiger partial charge on any atom is 0.257 e. The van der Waals surface area contributed by atoms with Crippen molar-refractivity contribution in [3.8, 4) is 5.75 Å². The molecule has 2 rings (SSSR count). The molecule has 1 saturated heterocycles. The van der Waals surface area contributed by atoms with E-state index >= 15 is 0 Å². The van der Waals surface area contributed by atoms with Gasteiger partial charge in [-0.05, 0) is 55.5 Å². The van der Waals surface area contributed by atoms with Crippen molar-refractivity contribution in [2.45, 2.75) is 32.6 Å². The van der Waals surface area contributed by atoms with Gasteiger partial charge in [-0.25, -0.2) is 0 Å². The summed E-state index contributed by atoms with van der Waals surface area (Å²) in [6, 6.07) is 7.94. The normalized spacial score (nSPS) is 18.0. The molecule has 0 saturated carbocycles. The van der Waals surface area contributed by atoms with Crippen LogP contribution < -0.4 is 15.4 Å². The standard InChI is InChI=1S/C17H26N2O2/c1-13(2)15-3-5-16(6-4-15)21-12-17(20)19-10-8-14-7-9-18-11-14/h3-6,13-14,18H,7-12H2,1-2H3,(H,19,20). The predicted octanol–water partition coefficient (Wildman–Crippen LogP) is 2.30. The van der Waals surface area contributed by atoms with Gasteiger partial charge in [0.25, 0.3) is 5.91 Å². The quantitative estimate of drug-likeness (QED) is 0.810. The monoisotopic (exact) mass is 290 g/mol. The molecule has 1 aliphatic rings. The summed E-state index contributed by atoms with van der Waals surface area (Å²) in [7, 11) is 0. The molecule has 1 aromatic carbocycles. The molecular formula is C17H26N2O2. The van der Waals surface area contributed by atoms with Gasteiger partial charge in [-0.1, -0.05) is 26.0 Å². The van der Waals surface area contributed by atoms with E-state index in [1.807, 2.05) is 24.3 Å². The van der Waals surface area contributed by atoms with Crippen LogP contribution in [0.4, 0.5) is 0 Å². The molecule has 1 aliphatic heterocycles. The van der Waals surface area contributed by atoms with Gasteiger partial charge in [-0.15, -0.1) is 0 Å². The first kappa shape index (κ1) is 15.8. The number of rotatable bonds is 7. The highest BCUT2D eigenvalue weighted by atomic mass is 16.5. The lowest BCUT2D eigenvalue weighted by molar-refractivity contribution is -0.123. The van der Waals surface area contributed by atoms with E-state index in [-0.39, 0.29) is 12.5 Å². The Balaban J connectivity index is 1.63. The molecule has 116 valence electrons. The molecule has 0 radical (unpaired) electrons. The van der Waals surface area contributed by atoms with Crippen LogP contribution in [0.15, 0.2) is 24.3 Å². The van der Waals surface area contributed by atoms with E-state index in [9.17, 15) is 4.79 Å². The predicted molar refractivity (Wildman–Crippen MR) is 84.6 cm³/mol. The van der Waals surface area contributed by atoms with Crippen molar-refractivity contribution < 1.29 is 9.53 Å². The summed E-state index contributed by atoms with van der Waals surface area (Å²) in [4.78, 5) is 11.7. The lowest BCUT2D eigenvalue weighted by Crippen LogP contribution is -2.30. The Morgan fingerprint density at radius 3 is 2.76 bits per heavy atom. The SMILES string of the molecule is CC(C)c1ccc(OCC(=O)NCCC2CCNC2)cc1. The second-order valence-corrected chi connectivity index (χ2v) is 6.01. The van der Waals surface area contributed by atoms with Crippen molar-refractivity contribution in [1.29, 1.82) is 0 Å². The highest BCUT2D eigenvalue weighted by molar-refractivity contribution is 5.77. The second kappa shape index (κ2) is 8.03. The first-order valence-electron chi connectivity index (χ1n) is 7.85. The zero-order valence-corrected chi connectivity index (χ0v) is 13.0. The Bertz CT molecular complexity index is 437. The fourth-order valence-electron chi connectivity index (χ4n) is 2.53. The van der Waals surface area contributed by atoms with Crippen molar-refractivity contribution in [2.75, 3.05) is 26.2 Å². The number of ether oxygens (including phenoxy) is 1. The number of benzene rings is 1. The molecule has 1 aromatic rings. The first-order chi connectivity index (χ1) is 10.1. The Hall–Kier alpha value is -1.55. The lowest BCUT2D eigenvalue weighted by Gasteiger charge is -2.11. The minimum Gasteiger partial charge on any atom is -0.484 e. The molecule has 1 unspecified atom stereocenters. The number of carbonyl (C=O) groups is 1. The smallest absolute Gasteiger partial charge is 0.257 e. The Kier molecular flexibility index (Phi) is 6.05. The third kappa shape index (κ3) is 5.38. The minimum absolute atomic E-state index is 0.0473. The molecule has 2 N–H and O–H groups in total.